The SMILES string of the molecule is c1ccc(-c2ccc(N(c3ccc4oc5ccccc5c4c3)c3ccc4c5c(cc(-c6ccccc6)cc35)-c3ccccc3O4)cc2)cc1. The normalized spacial score (nSPS) is 11.8. The van der Waals surface area contributed by atoms with Crippen LogP contribution in [0.5, 0.6) is 11.5 Å². The third-order valence-corrected chi connectivity index (χ3v) is 9.65. The van der Waals surface area contributed by atoms with Crippen LogP contribution in [0.1, 0.15) is 0 Å². The predicted molar refractivity (Wildman–Crippen MR) is 202 cm³/mol. The highest BCUT2D eigenvalue weighted by Gasteiger charge is 2.25. The minimum Gasteiger partial charge on any atom is -0.456 e. The predicted octanol–water partition coefficient (Wildman–Crippen LogP) is 13.3. The van der Waals surface area contributed by atoms with Crippen LogP contribution in [0.2, 0.25) is 0 Å². The zero-order valence-electron chi connectivity index (χ0n) is 26.5. The summed E-state index contributed by atoms with van der Waals surface area (Å²) in [6.45, 7) is 0. The molecular weight excluding hydrogens is 599 g/mol. The molecule has 49 heavy (non-hydrogen) atoms. The van der Waals surface area contributed by atoms with Gasteiger partial charge in [0, 0.05) is 38.5 Å². The van der Waals surface area contributed by atoms with Crippen molar-refractivity contribution in [1.82, 2.24) is 0 Å². The lowest BCUT2D eigenvalue weighted by Gasteiger charge is -2.30. The number of hydrogen-bond acceptors (Lipinski definition) is 3. The van der Waals surface area contributed by atoms with Crippen molar-refractivity contribution >= 4 is 49.8 Å². The fourth-order valence-electron chi connectivity index (χ4n) is 7.34. The standard InChI is InChI=1S/C46H29NO2/c1-3-11-30(12-4-1)32-19-21-34(22-20-32)47(35-23-25-44-38(29-35)36-15-7-9-17-42(36)48-44)41-24-26-45-46-39(37-16-8-10-18-43(37)49-45)27-33(28-40(41)46)31-13-5-2-6-14-31/h1-29H. The molecule has 1 aliphatic heterocycles. The van der Waals surface area contributed by atoms with Gasteiger partial charge in [-0.15, -0.1) is 0 Å². The van der Waals surface area contributed by atoms with Gasteiger partial charge in [0.15, 0.2) is 0 Å². The highest BCUT2D eigenvalue weighted by molar-refractivity contribution is 6.13. The maximum Gasteiger partial charge on any atom is 0.136 e. The highest BCUT2D eigenvalue weighted by atomic mass is 16.5. The van der Waals surface area contributed by atoms with Crippen LogP contribution < -0.4 is 9.64 Å². The zero-order valence-corrected chi connectivity index (χ0v) is 26.5. The molecule has 10 rings (SSSR count). The van der Waals surface area contributed by atoms with Gasteiger partial charge < -0.3 is 14.1 Å². The van der Waals surface area contributed by atoms with Crippen LogP contribution >= 0.6 is 0 Å². The van der Waals surface area contributed by atoms with E-state index < -0.39 is 0 Å². The molecule has 0 saturated heterocycles. The number of para-hydroxylation sites is 2. The monoisotopic (exact) mass is 627 g/mol. The van der Waals surface area contributed by atoms with Crippen molar-refractivity contribution < 1.29 is 9.15 Å². The van der Waals surface area contributed by atoms with Crippen molar-refractivity contribution in [2.24, 2.45) is 0 Å². The third-order valence-electron chi connectivity index (χ3n) is 9.65. The molecule has 1 aromatic heterocycles. The number of furan rings is 1. The Hall–Kier alpha value is -6.58. The smallest absolute Gasteiger partial charge is 0.136 e. The van der Waals surface area contributed by atoms with Gasteiger partial charge in [0.2, 0.25) is 0 Å². The molecular formula is C46H29NO2. The lowest BCUT2D eigenvalue weighted by Crippen LogP contribution is -2.11. The largest absolute Gasteiger partial charge is 0.456 e. The molecule has 0 saturated carbocycles. The summed E-state index contributed by atoms with van der Waals surface area (Å²) >= 11 is 0. The summed E-state index contributed by atoms with van der Waals surface area (Å²) in [7, 11) is 0. The molecule has 0 unspecified atom stereocenters. The molecule has 0 fully saturated rings. The van der Waals surface area contributed by atoms with Crippen LogP contribution in [0, 0.1) is 0 Å². The molecule has 9 aromatic rings. The van der Waals surface area contributed by atoms with Crippen LogP contribution in [-0.2, 0) is 0 Å². The fourth-order valence-corrected chi connectivity index (χ4v) is 7.34. The van der Waals surface area contributed by atoms with E-state index in [0.29, 0.717) is 0 Å². The number of nitrogens with zero attached hydrogens (tertiary/aromatic N) is 1. The molecule has 0 amide bonds. The van der Waals surface area contributed by atoms with E-state index in [9.17, 15) is 0 Å². The zero-order chi connectivity index (χ0) is 32.3. The molecule has 0 atom stereocenters. The second-order valence-corrected chi connectivity index (χ2v) is 12.5. The van der Waals surface area contributed by atoms with Gasteiger partial charge in [-0.2, -0.15) is 0 Å². The van der Waals surface area contributed by atoms with Crippen LogP contribution in [0.15, 0.2) is 180 Å². The van der Waals surface area contributed by atoms with Crippen molar-refractivity contribution in [1.29, 1.82) is 0 Å². The van der Waals surface area contributed by atoms with Crippen LogP contribution in [0.4, 0.5) is 17.1 Å². The molecule has 3 nitrogen and oxygen atoms in total. The minimum atomic E-state index is 0.864. The quantitative estimate of drug-likeness (QED) is 0.190. The number of fused-ring (bicyclic) bond motifs is 5. The first-order chi connectivity index (χ1) is 24.3. The lowest BCUT2D eigenvalue weighted by atomic mass is 9.89. The maximum atomic E-state index is 6.57. The van der Waals surface area contributed by atoms with E-state index in [1.54, 1.807) is 0 Å². The summed E-state index contributed by atoms with van der Waals surface area (Å²) in [6.07, 6.45) is 0. The van der Waals surface area contributed by atoms with Crippen LogP contribution in [0.3, 0.4) is 0 Å². The van der Waals surface area contributed by atoms with Gasteiger partial charge in [0.05, 0.1) is 5.69 Å². The molecule has 230 valence electrons. The van der Waals surface area contributed by atoms with Crippen molar-refractivity contribution in [3.8, 4) is 44.9 Å². The van der Waals surface area contributed by atoms with E-state index in [1.807, 2.05) is 18.2 Å². The Bertz CT molecular complexity index is 2670. The first kappa shape index (κ1) is 27.5. The number of anilines is 3. The fraction of sp³-hybridized carbons (Fsp3) is 0. The molecule has 0 radical (unpaired) electrons. The van der Waals surface area contributed by atoms with Gasteiger partial charge in [0.1, 0.15) is 22.7 Å². The Kier molecular flexibility index (Phi) is 6.18. The van der Waals surface area contributed by atoms with Gasteiger partial charge in [-0.1, -0.05) is 109 Å². The molecule has 0 bridgehead atoms. The highest BCUT2D eigenvalue weighted by Crippen LogP contribution is 2.52. The molecule has 3 heteroatoms. The molecule has 0 N–H and O–H groups in total. The molecule has 8 aromatic carbocycles. The topological polar surface area (TPSA) is 25.6 Å². The number of hydrogen-bond donors (Lipinski definition) is 0. The van der Waals surface area contributed by atoms with Crippen molar-refractivity contribution in [3.05, 3.63) is 176 Å². The van der Waals surface area contributed by atoms with Gasteiger partial charge in [-0.25, -0.2) is 0 Å². The van der Waals surface area contributed by atoms with Crippen molar-refractivity contribution in [3.63, 3.8) is 0 Å². The van der Waals surface area contributed by atoms with Gasteiger partial charge in [0.25, 0.3) is 0 Å². The summed E-state index contributed by atoms with van der Waals surface area (Å²) in [5, 5.41) is 4.42. The first-order valence-electron chi connectivity index (χ1n) is 16.6. The molecule has 1 aliphatic rings. The summed E-state index contributed by atoms with van der Waals surface area (Å²) in [6, 6.07) is 62.1. The Morgan fingerprint density at radius 3 is 1.84 bits per heavy atom. The second-order valence-electron chi connectivity index (χ2n) is 12.5. The minimum absolute atomic E-state index is 0.864. The van der Waals surface area contributed by atoms with E-state index >= 15 is 0 Å². The molecule has 2 heterocycles. The molecule has 0 spiro atoms. The van der Waals surface area contributed by atoms with E-state index in [-0.39, 0.29) is 0 Å². The van der Waals surface area contributed by atoms with Crippen LogP contribution in [-0.4, -0.2) is 0 Å². The second kappa shape index (κ2) is 11.0. The van der Waals surface area contributed by atoms with Gasteiger partial charge in [-0.3, -0.25) is 0 Å². The van der Waals surface area contributed by atoms with Gasteiger partial charge in [-0.05, 0) is 94.5 Å². The summed E-state index contributed by atoms with van der Waals surface area (Å²) in [4.78, 5) is 2.37. The maximum absolute atomic E-state index is 6.57. The van der Waals surface area contributed by atoms with E-state index in [4.69, 9.17) is 9.15 Å². The third kappa shape index (κ3) is 4.51. The van der Waals surface area contributed by atoms with Crippen LogP contribution in [0.25, 0.3) is 66.1 Å². The average Bonchev–Trinajstić information content (AvgIpc) is 3.55. The van der Waals surface area contributed by atoms with E-state index in [1.165, 1.54) is 22.3 Å². The first-order valence-corrected chi connectivity index (χ1v) is 16.6. The summed E-state index contributed by atoms with van der Waals surface area (Å²) < 4.78 is 12.8. The number of benzene rings is 8. The molecule has 0 aliphatic carbocycles. The van der Waals surface area contributed by atoms with Crippen molar-refractivity contribution in [2.45, 2.75) is 0 Å². The Labute approximate surface area is 283 Å². The Balaban J connectivity index is 1.25. The lowest BCUT2D eigenvalue weighted by molar-refractivity contribution is 0.487. The average molecular weight is 628 g/mol. The Morgan fingerprint density at radius 2 is 1.02 bits per heavy atom. The number of ether oxygens (including phenoxy) is 1. The number of rotatable bonds is 5. The van der Waals surface area contributed by atoms with E-state index in [2.05, 4.69) is 163 Å². The Morgan fingerprint density at radius 1 is 0.367 bits per heavy atom. The van der Waals surface area contributed by atoms with Gasteiger partial charge >= 0.3 is 0 Å². The summed E-state index contributed by atoms with van der Waals surface area (Å²) in [5.41, 5.74) is 11.9. The van der Waals surface area contributed by atoms with Crippen molar-refractivity contribution in [2.75, 3.05) is 4.90 Å². The van der Waals surface area contributed by atoms with E-state index in [0.717, 1.165) is 72.4 Å². The summed E-state index contributed by atoms with van der Waals surface area (Å²) in [5.74, 6) is 1.74.